The third-order valence-electron chi connectivity index (χ3n) is 1.65. The van der Waals surface area contributed by atoms with Gasteiger partial charge in [-0.2, -0.15) is 9.78 Å². The minimum absolute atomic E-state index is 0.0851. The van der Waals surface area contributed by atoms with E-state index in [4.69, 9.17) is 11.6 Å². The largest absolute Gasteiger partial charge is 0.315 e. The summed E-state index contributed by atoms with van der Waals surface area (Å²) < 4.78 is 1.20. The molecule has 0 amide bonds. The lowest BCUT2D eigenvalue weighted by Gasteiger charge is -2.00. The van der Waals surface area contributed by atoms with E-state index in [2.05, 4.69) is 15.1 Å². The summed E-state index contributed by atoms with van der Waals surface area (Å²) in [6, 6.07) is 1.21. The third-order valence-corrected chi connectivity index (χ3v) is 1.85. The minimum atomic E-state index is -0.574. The molecule has 76 valence electrons. The first-order chi connectivity index (χ1) is 7.18. The molecule has 0 fully saturated rings. The summed E-state index contributed by atoms with van der Waals surface area (Å²) in [7, 11) is 0. The van der Waals surface area contributed by atoms with Crippen molar-refractivity contribution in [2.45, 2.75) is 0 Å². The highest BCUT2D eigenvalue weighted by atomic mass is 35.5. The fourth-order valence-electron chi connectivity index (χ4n) is 1.05. The number of aromatic nitrogens is 4. The van der Waals surface area contributed by atoms with Crippen molar-refractivity contribution in [3.05, 3.63) is 40.1 Å². The molecule has 0 N–H and O–H groups in total. The first-order valence-electron chi connectivity index (χ1n) is 3.83. The minimum Gasteiger partial charge on any atom is -0.258 e. The lowest BCUT2D eigenvalue weighted by atomic mass is 10.4. The number of hydrogen-bond acceptors (Lipinski definition) is 5. The van der Waals surface area contributed by atoms with Gasteiger partial charge >= 0.3 is 5.69 Å². The van der Waals surface area contributed by atoms with E-state index in [1.165, 1.54) is 29.6 Å². The summed E-state index contributed by atoms with van der Waals surface area (Å²) in [5, 5.41) is 14.7. The number of halogens is 1. The SMILES string of the molecule is O=[N+]([O-])c1cc(Cl)cnc1-n1cncn1. The van der Waals surface area contributed by atoms with Crippen LogP contribution in [-0.2, 0) is 0 Å². The van der Waals surface area contributed by atoms with Crippen molar-refractivity contribution >= 4 is 17.3 Å². The van der Waals surface area contributed by atoms with E-state index in [0.717, 1.165) is 0 Å². The van der Waals surface area contributed by atoms with Crippen molar-refractivity contribution in [3.63, 3.8) is 0 Å². The van der Waals surface area contributed by atoms with Crippen LogP contribution in [0.15, 0.2) is 24.9 Å². The van der Waals surface area contributed by atoms with Crippen LogP contribution < -0.4 is 0 Å². The Balaban J connectivity index is 2.61. The molecule has 7 nitrogen and oxygen atoms in total. The van der Waals surface area contributed by atoms with E-state index >= 15 is 0 Å². The molecule has 0 atom stereocenters. The van der Waals surface area contributed by atoms with Crippen molar-refractivity contribution in [1.29, 1.82) is 0 Å². The van der Waals surface area contributed by atoms with Crippen LogP contribution in [-0.4, -0.2) is 24.7 Å². The number of pyridine rings is 1. The Bertz CT molecular complexity index is 498. The molecule has 8 heteroatoms. The fraction of sp³-hybridized carbons (Fsp3) is 0. The summed E-state index contributed by atoms with van der Waals surface area (Å²) in [5.41, 5.74) is -0.215. The Morgan fingerprint density at radius 2 is 2.33 bits per heavy atom. The van der Waals surface area contributed by atoms with Gasteiger partial charge in [0.15, 0.2) is 0 Å². The van der Waals surface area contributed by atoms with E-state index in [1.54, 1.807) is 0 Å². The molecule has 0 bridgehead atoms. The summed E-state index contributed by atoms with van der Waals surface area (Å²) in [5.74, 6) is 0.0851. The molecular formula is C7H4ClN5O2. The summed E-state index contributed by atoms with van der Waals surface area (Å²) >= 11 is 5.61. The maximum atomic E-state index is 10.7. The van der Waals surface area contributed by atoms with Crippen LogP contribution in [0, 0.1) is 10.1 Å². The van der Waals surface area contributed by atoms with Crippen LogP contribution in [0.1, 0.15) is 0 Å². The van der Waals surface area contributed by atoms with Crippen LogP contribution in [0.5, 0.6) is 0 Å². The zero-order valence-corrected chi connectivity index (χ0v) is 8.00. The Morgan fingerprint density at radius 1 is 1.53 bits per heavy atom. The zero-order valence-electron chi connectivity index (χ0n) is 7.24. The van der Waals surface area contributed by atoms with E-state index in [0.29, 0.717) is 0 Å². The van der Waals surface area contributed by atoms with Gasteiger partial charge in [0.05, 0.1) is 9.95 Å². The van der Waals surface area contributed by atoms with Crippen LogP contribution in [0.3, 0.4) is 0 Å². The Labute approximate surface area is 88.5 Å². The second-order valence-electron chi connectivity index (χ2n) is 2.59. The molecule has 0 saturated heterocycles. The monoisotopic (exact) mass is 225 g/mol. The van der Waals surface area contributed by atoms with E-state index in [-0.39, 0.29) is 16.5 Å². The highest BCUT2D eigenvalue weighted by Crippen LogP contribution is 2.22. The Kier molecular flexibility index (Phi) is 2.30. The second kappa shape index (κ2) is 3.62. The molecule has 0 spiro atoms. The van der Waals surface area contributed by atoms with Crippen LogP contribution in [0.2, 0.25) is 5.02 Å². The van der Waals surface area contributed by atoms with Crippen LogP contribution in [0.25, 0.3) is 5.82 Å². The van der Waals surface area contributed by atoms with Crippen molar-refractivity contribution in [3.8, 4) is 5.82 Å². The van der Waals surface area contributed by atoms with Crippen molar-refractivity contribution < 1.29 is 4.92 Å². The van der Waals surface area contributed by atoms with E-state index < -0.39 is 4.92 Å². The normalized spacial score (nSPS) is 10.2. The van der Waals surface area contributed by atoms with Gasteiger partial charge in [0.2, 0.25) is 5.82 Å². The second-order valence-corrected chi connectivity index (χ2v) is 3.03. The van der Waals surface area contributed by atoms with Gasteiger partial charge in [-0.1, -0.05) is 11.6 Å². The molecule has 15 heavy (non-hydrogen) atoms. The topological polar surface area (TPSA) is 86.7 Å². The molecular weight excluding hydrogens is 222 g/mol. The van der Waals surface area contributed by atoms with Gasteiger partial charge in [-0.05, 0) is 0 Å². The predicted molar refractivity (Wildman–Crippen MR) is 50.8 cm³/mol. The molecule has 0 aliphatic rings. The summed E-state index contributed by atoms with van der Waals surface area (Å²) in [4.78, 5) is 17.6. The van der Waals surface area contributed by atoms with Crippen molar-refractivity contribution in [2.75, 3.05) is 0 Å². The number of hydrogen-bond donors (Lipinski definition) is 0. The predicted octanol–water partition coefficient (Wildman–Crippen LogP) is 1.22. The quantitative estimate of drug-likeness (QED) is 0.567. The molecule has 0 unspecified atom stereocenters. The van der Waals surface area contributed by atoms with Crippen LogP contribution in [0.4, 0.5) is 5.69 Å². The Morgan fingerprint density at radius 3 is 2.93 bits per heavy atom. The van der Waals surface area contributed by atoms with Gasteiger partial charge in [0.25, 0.3) is 0 Å². The zero-order chi connectivity index (χ0) is 10.8. The van der Waals surface area contributed by atoms with Crippen LogP contribution >= 0.6 is 11.6 Å². The molecule has 0 saturated carbocycles. The fourth-order valence-corrected chi connectivity index (χ4v) is 1.20. The van der Waals surface area contributed by atoms with Gasteiger partial charge in [-0.25, -0.2) is 9.97 Å². The molecule has 0 radical (unpaired) electrons. The molecule has 2 heterocycles. The highest BCUT2D eigenvalue weighted by Gasteiger charge is 2.17. The molecule has 0 aliphatic heterocycles. The molecule has 0 aliphatic carbocycles. The number of nitro groups is 1. The van der Waals surface area contributed by atoms with Gasteiger partial charge in [-0.15, -0.1) is 0 Å². The average Bonchev–Trinajstić information content (AvgIpc) is 2.70. The van der Waals surface area contributed by atoms with Gasteiger partial charge < -0.3 is 0 Å². The first-order valence-corrected chi connectivity index (χ1v) is 4.21. The average molecular weight is 226 g/mol. The number of nitrogens with zero attached hydrogens (tertiary/aromatic N) is 5. The smallest absolute Gasteiger partial charge is 0.258 e. The highest BCUT2D eigenvalue weighted by molar-refractivity contribution is 6.30. The van der Waals surface area contributed by atoms with Crippen molar-refractivity contribution in [2.24, 2.45) is 0 Å². The van der Waals surface area contributed by atoms with Gasteiger partial charge in [0, 0.05) is 12.3 Å². The van der Waals surface area contributed by atoms with Gasteiger partial charge in [0.1, 0.15) is 12.7 Å². The summed E-state index contributed by atoms with van der Waals surface area (Å²) in [6.45, 7) is 0. The Hall–Kier alpha value is -2.02. The lowest BCUT2D eigenvalue weighted by Crippen LogP contribution is -2.03. The summed E-state index contributed by atoms with van der Waals surface area (Å²) in [6.07, 6.45) is 3.90. The molecule has 2 aromatic heterocycles. The first kappa shape index (κ1) is 9.53. The van der Waals surface area contributed by atoms with Gasteiger partial charge in [-0.3, -0.25) is 10.1 Å². The molecule has 2 aromatic rings. The van der Waals surface area contributed by atoms with E-state index in [1.807, 2.05) is 0 Å². The van der Waals surface area contributed by atoms with E-state index in [9.17, 15) is 10.1 Å². The maximum absolute atomic E-state index is 10.7. The third kappa shape index (κ3) is 1.77. The number of rotatable bonds is 2. The van der Waals surface area contributed by atoms with Crippen molar-refractivity contribution in [1.82, 2.24) is 19.7 Å². The lowest BCUT2D eigenvalue weighted by molar-refractivity contribution is -0.384. The molecule has 2 rings (SSSR count). The standard InChI is InChI=1S/C7H4ClN5O2/c8-5-1-6(13(14)15)7(10-2-5)12-4-9-3-11-12/h1-4H. The maximum Gasteiger partial charge on any atom is 0.315 e. The molecule has 0 aromatic carbocycles.